The Morgan fingerprint density at radius 2 is 2.22 bits per heavy atom. The summed E-state index contributed by atoms with van der Waals surface area (Å²) in [7, 11) is 0. The minimum absolute atomic E-state index is 0.337. The SMILES string of the molecule is Cc1c(CC2CCCNC2)cc(Br)c2c1OCO2. The van der Waals surface area contributed by atoms with Crippen molar-refractivity contribution in [2.45, 2.75) is 26.2 Å². The van der Waals surface area contributed by atoms with Crippen molar-refractivity contribution in [1.82, 2.24) is 5.32 Å². The zero-order chi connectivity index (χ0) is 12.5. The van der Waals surface area contributed by atoms with E-state index in [1.165, 1.54) is 30.5 Å². The number of benzene rings is 1. The van der Waals surface area contributed by atoms with Crippen LogP contribution in [0.15, 0.2) is 10.5 Å². The molecule has 98 valence electrons. The summed E-state index contributed by atoms with van der Waals surface area (Å²) in [6.45, 7) is 4.76. The van der Waals surface area contributed by atoms with Crippen LogP contribution >= 0.6 is 15.9 Å². The predicted molar refractivity (Wildman–Crippen MR) is 74.3 cm³/mol. The summed E-state index contributed by atoms with van der Waals surface area (Å²) in [5.41, 5.74) is 2.61. The molecule has 1 fully saturated rings. The summed E-state index contributed by atoms with van der Waals surface area (Å²) in [4.78, 5) is 0. The van der Waals surface area contributed by atoms with Crippen LogP contribution in [0.4, 0.5) is 0 Å². The zero-order valence-electron chi connectivity index (χ0n) is 10.6. The molecule has 0 saturated carbocycles. The molecule has 0 bridgehead atoms. The molecule has 1 N–H and O–H groups in total. The molecule has 0 aromatic heterocycles. The number of ether oxygens (including phenoxy) is 2. The van der Waals surface area contributed by atoms with Crippen molar-refractivity contribution in [2.24, 2.45) is 5.92 Å². The van der Waals surface area contributed by atoms with Crippen molar-refractivity contribution >= 4 is 15.9 Å². The highest BCUT2D eigenvalue weighted by atomic mass is 79.9. The number of hydrogen-bond donors (Lipinski definition) is 1. The summed E-state index contributed by atoms with van der Waals surface area (Å²) in [5, 5.41) is 3.47. The Kier molecular flexibility index (Phi) is 3.48. The van der Waals surface area contributed by atoms with Crippen molar-refractivity contribution in [1.29, 1.82) is 0 Å². The smallest absolute Gasteiger partial charge is 0.231 e. The average Bonchev–Trinajstić information content (AvgIpc) is 2.87. The molecule has 2 aliphatic heterocycles. The minimum Gasteiger partial charge on any atom is -0.453 e. The van der Waals surface area contributed by atoms with Gasteiger partial charge in [0.2, 0.25) is 6.79 Å². The van der Waals surface area contributed by atoms with Crippen LogP contribution in [0.5, 0.6) is 11.5 Å². The van der Waals surface area contributed by atoms with Crippen LogP contribution in [0.25, 0.3) is 0 Å². The Morgan fingerprint density at radius 1 is 1.39 bits per heavy atom. The van der Waals surface area contributed by atoms with Gasteiger partial charge in [-0.05, 0) is 78.3 Å². The lowest BCUT2D eigenvalue weighted by Crippen LogP contribution is -2.31. The van der Waals surface area contributed by atoms with E-state index in [1.54, 1.807) is 0 Å². The molecule has 0 aliphatic carbocycles. The van der Waals surface area contributed by atoms with Gasteiger partial charge in [0, 0.05) is 0 Å². The first-order valence-electron chi connectivity index (χ1n) is 6.54. The quantitative estimate of drug-likeness (QED) is 0.910. The van der Waals surface area contributed by atoms with Gasteiger partial charge < -0.3 is 14.8 Å². The number of nitrogens with one attached hydrogen (secondary N) is 1. The lowest BCUT2D eigenvalue weighted by atomic mass is 9.90. The van der Waals surface area contributed by atoms with Crippen molar-refractivity contribution in [3.05, 3.63) is 21.7 Å². The summed E-state index contributed by atoms with van der Waals surface area (Å²) in [6.07, 6.45) is 3.72. The molecule has 2 aliphatic rings. The molecule has 1 aromatic rings. The van der Waals surface area contributed by atoms with Gasteiger partial charge >= 0.3 is 0 Å². The van der Waals surface area contributed by atoms with E-state index < -0.39 is 0 Å². The van der Waals surface area contributed by atoms with Gasteiger partial charge in [-0.3, -0.25) is 0 Å². The third kappa shape index (κ3) is 2.24. The van der Waals surface area contributed by atoms with E-state index in [-0.39, 0.29) is 0 Å². The first-order valence-corrected chi connectivity index (χ1v) is 7.33. The van der Waals surface area contributed by atoms with E-state index in [4.69, 9.17) is 9.47 Å². The molecular formula is C14H18BrNO2. The summed E-state index contributed by atoms with van der Waals surface area (Å²) in [6, 6.07) is 2.19. The number of piperidine rings is 1. The minimum atomic E-state index is 0.337. The van der Waals surface area contributed by atoms with Crippen LogP contribution in [-0.2, 0) is 6.42 Å². The Bertz CT molecular complexity index is 456. The van der Waals surface area contributed by atoms with E-state index in [2.05, 4.69) is 34.2 Å². The molecule has 1 aromatic carbocycles. The number of hydrogen-bond acceptors (Lipinski definition) is 3. The number of halogens is 1. The van der Waals surface area contributed by atoms with E-state index in [0.717, 1.165) is 34.9 Å². The third-order valence-corrected chi connectivity index (χ3v) is 4.45. The largest absolute Gasteiger partial charge is 0.453 e. The van der Waals surface area contributed by atoms with Crippen LogP contribution < -0.4 is 14.8 Å². The molecular weight excluding hydrogens is 294 g/mol. The second-order valence-corrected chi connectivity index (χ2v) is 5.98. The van der Waals surface area contributed by atoms with Gasteiger partial charge in [-0.15, -0.1) is 0 Å². The number of rotatable bonds is 2. The standard InChI is InChI=1S/C14H18BrNO2/c1-9-11(5-10-3-2-4-16-7-10)6-12(15)14-13(9)17-8-18-14/h6,10,16H,2-5,7-8H2,1H3. The van der Waals surface area contributed by atoms with Gasteiger partial charge in [-0.25, -0.2) is 0 Å². The van der Waals surface area contributed by atoms with E-state index in [0.29, 0.717) is 6.79 Å². The summed E-state index contributed by atoms with van der Waals surface area (Å²) in [5.74, 6) is 2.52. The predicted octanol–water partition coefficient (Wildman–Crippen LogP) is 3.03. The molecule has 0 amide bonds. The Morgan fingerprint density at radius 3 is 3.00 bits per heavy atom. The topological polar surface area (TPSA) is 30.5 Å². The highest BCUT2D eigenvalue weighted by Crippen LogP contribution is 2.43. The van der Waals surface area contributed by atoms with Gasteiger partial charge in [-0.2, -0.15) is 0 Å². The van der Waals surface area contributed by atoms with Gasteiger partial charge in [0.25, 0.3) is 0 Å². The molecule has 4 heteroatoms. The average molecular weight is 312 g/mol. The van der Waals surface area contributed by atoms with Crippen molar-refractivity contribution in [3.8, 4) is 11.5 Å². The molecule has 1 saturated heterocycles. The summed E-state index contributed by atoms with van der Waals surface area (Å²) < 4.78 is 12.1. The van der Waals surface area contributed by atoms with Crippen LogP contribution in [0.1, 0.15) is 24.0 Å². The normalized spacial score (nSPS) is 22.2. The molecule has 2 heterocycles. The van der Waals surface area contributed by atoms with Gasteiger partial charge in [0.05, 0.1) is 4.47 Å². The third-order valence-electron chi connectivity index (χ3n) is 3.86. The molecule has 3 nitrogen and oxygen atoms in total. The molecule has 0 radical (unpaired) electrons. The van der Waals surface area contributed by atoms with Crippen LogP contribution in [0.2, 0.25) is 0 Å². The highest BCUT2D eigenvalue weighted by molar-refractivity contribution is 9.10. The maximum Gasteiger partial charge on any atom is 0.231 e. The van der Waals surface area contributed by atoms with Gasteiger partial charge in [0.1, 0.15) is 0 Å². The molecule has 0 spiro atoms. The Hall–Kier alpha value is -0.740. The highest BCUT2D eigenvalue weighted by Gasteiger charge is 2.23. The Balaban J connectivity index is 1.85. The first kappa shape index (κ1) is 12.3. The lowest BCUT2D eigenvalue weighted by molar-refractivity contribution is 0.173. The molecule has 18 heavy (non-hydrogen) atoms. The van der Waals surface area contributed by atoms with Crippen LogP contribution in [-0.4, -0.2) is 19.9 Å². The monoisotopic (exact) mass is 311 g/mol. The Labute approximate surface area is 116 Å². The fraction of sp³-hybridized carbons (Fsp3) is 0.571. The second kappa shape index (κ2) is 5.10. The van der Waals surface area contributed by atoms with Crippen molar-refractivity contribution < 1.29 is 9.47 Å². The van der Waals surface area contributed by atoms with Crippen LogP contribution in [0, 0.1) is 12.8 Å². The second-order valence-electron chi connectivity index (χ2n) is 5.12. The molecule has 1 unspecified atom stereocenters. The van der Waals surface area contributed by atoms with Gasteiger partial charge in [0.15, 0.2) is 11.5 Å². The van der Waals surface area contributed by atoms with Crippen molar-refractivity contribution in [3.63, 3.8) is 0 Å². The lowest BCUT2D eigenvalue weighted by Gasteiger charge is -2.23. The first-order chi connectivity index (χ1) is 8.75. The number of fused-ring (bicyclic) bond motifs is 1. The van der Waals surface area contributed by atoms with E-state index in [9.17, 15) is 0 Å². The molecule has 3 rings (SSSR count). The molecule has 1 atom stereocenters. The summed E-state index contributed by atoms with van der Waals surface area (Å²) >= 11 is 3.58. The van der Waals surface area contributed by atoms with Crippen LogP contribution in [0.3, 0.4) is 0 Å². The maximum absolute atomic E-state index is 5.57. The maximum atomic E-state index is 5.57. The van der Waals surface area contributed by atoms with E-state index >= 15 is 0 Å². The van der Waals surface area contributed by atoms with E-state index in [1.807, 2.05) is 0 Å². The fourth-order valence-corrected chi connectivity index (χ4v) is 3.40. The van der Waals surface area contributed by atoms with Crippen molar-refractivity contribution in [2.75, 3.05) is 19.9 Å². The van der Waals surface area contributed by atoms with Gasteiger partial charge in [-0.1, -0.05) is 0 Å². The zero-order valence-corrected chi connectivity index (χ0v) is 12.2. The fourth-order valence-electron chi connectivity index (χ4n) is 2.83.